The van der Waals surface area contributed by atoms with Crippen LogP contribution in [0.2, 0.25) is 0 Å². The number of halogens is 1. The predicted molar refractivity (Wildman–Crippen MR) is 56.7 cm³/mol. The van der Waals surface area contributed by atoms with E-state index in [2.05, 4.69) is 15.9 Å². The molecule has 2 unspecified atom stereocenters. The van der Waals surface area contributed by atoms with Gasteiger partial charge in [0.2, 0.25) is 0 Å². The van der Waals surface area contributed by atoms with Crippen molar-refractivity contribution >= 4 is 21.9 Å². The highest BCUT2D eigenvalue weighted by molar-refractivity contribution is 9.10. The van der Waals surface area contributed by atoms with Crippen LogP contribution in [-0.2, 0) is 4.79 Å². The van der Waals surface area contributed by atoms with Gasteiger partial charge in [-0.3, -0.25) is 4.79 Å². The second-order valence-electron chi connectivity index (χ2n) is 2.94. The zero-order valence-corrected chi connectivity index (χ0v) is 8.94. The lowest BCUT2D eigenvalue weighted by molar-refractivity contribution is -0.139. The molecule has 0 heterocycles. The standard InChI is InChI=1S/C9H11BrN2O2/c10-6-3-1-2-5(4-6)7(11)8(12)9(13)14/h1-4,7-8H,11-12H2,(H,13,14). The molecule has 0 spiro atoms. The van der Waals surface area contributed by atoms with Gasteiger partial charge in [-0.05, 0) is 17.7 Å². The lowest BCUT2D eigenvalue weighted by atomic mass is 10.0. The average Bonchev–Trinajstić information content (AvgIpc) is 2.15. The molecule has 14 heavy (non-hydrogen) atoms. The third kappa shape index (κ3) is 2.54. The number of carbonyl (C=O) groups is 1. The van der Waals surface area contributed by atoms with Crippen molar-refractivity contribution in [2.75, 3.05) is 0 Å². The number of nitrogens with two attached hydrogens (primary N) is 2. The Morgan fingerprint density at radius 3 is 2.57 bits per heavy atom. The molecule has 0 aliphatic heterocycles. The summed E-state index contributed by atoms with van der Waals surface area (Å²) < 4.78 is 0.850. The van der Waals surface area contributed by atoms with E-state index in [-0.39, 0.29) is 0 Å². The van der Waals surface area contributed by atoms with Crippen LogP contribution < -0.4 is 11.5 Å². The molecule has 0 bridgehead atoms. The van der Waals surface area contributed by atoms with Crippen LogP contribution in [0.1, 0.15) is 11.6 Å². The van der Waals surface area contributed by atoms with Gasteiger partial charge in [0.05, 0.1) is 6.04 Å². The van der Waals surface area contributed by atoms with E-state index in [1.54, 1.807) is 18.2 Å². The van der Waals surface area contributed by atoms with Crippen LogP contribution in [0.15, 0.2) is 28.7 Å². The fraction of sp³-hybridized carbons (Fsp3) is 0.222. The number of aliphatic carboxylic acids is 1. The molecule has 0 saturated carbocycles. The molecule has 0 amide bonds. The van der Waals surface area contributed by atoms with E-state index in [1.165, 1.54) is 0 Å². The van der Waals surface area contributed by atoms with E-state index >= 15 is 0 Å². The first-order valence-electron chi connectivity index (χ1n) is 4.02. The zero-order valence-electron chi connectivity index (χ0n) is 7.35. The number of carboxylic acid groups (broad SMARTS) is 1. The fourth-order valence-corrected chi connectivity index (χ4v) is 1.49. The maximum atomic E-state index is 10.6. The topological polar surface area (TPSA) is 89.3 Å². The number of hydrogen-bond donors (Lipinski definition) is 3. The summed E-state index contributed by atoms with van der Waals surface area (Å²) in [7, 11) is 0. The van der Waals surface area contributed by atoms with Gasteiger partial charge < -0.3 is 16.6 Å². The Morgan fingerprint density at radius 2 is 2.07 bits per heavy atom. The molecule has 0 aromatic heterocycles. The van der Waals surface area contributed by atoms with Crippen LogP contribution >= 0.6 is 15.9 Å². The predicted octanol–water partition coefficient (Wildman–Crippen LogP) is 0.861. The highest BCUT2D eigenvalue weighted by atomic mass is 79.9. The number of rotatable bonds is 3. The van der Waals surface area contributed by atoms with Crippen LogP contribution in [0.4, 0.5) is 0 Å². The maximum Gasteiger partial charge on any atom is 0.322 e. The van der Waals surface area contributed by atoms with E-state index in [0.29, 0.717) is 5.56 Å². The highest BCUT2D eigenvalue weighted by Gasteiger charge is 2.21. The summed E-state index contributed by atoms with van der Waals surface area (Å²) in [6.45, 7) is 0. The summed E-state index contributed by atoms with van der Waals surface area (Å²) in [6.07, 6.45) is 0. The molecule has 0 aliphatic rings. The van der Waals surface area contributed by atoms with E-state index in [4.69, 9.17) is 16.6 Å². The third-order valence-corrected chi connectivity index (χ3v) is 2.40. The lowest BCUT2D eigenvalue weighted by Crippen LogP contribution is -2.40. The average molecular weight is 259 g/mol. The molecule has 5 N–H and O–H groups in total. The molecule has 76 valence electrons. The molecule has 1 rings (SSSR count). The van der Waals surface area contributed by atoms with Gasteiger partial charge in [-0.15, -0.1) is 0 Å². The van der Waals surface area contributed by atoms with Crippen LogP contribution in [0, 0.1) is 0 Å². The van der Waals surface area contributed by atoms with Crippen LogP contribution in [0.25, 0.3) is 0 Å². The van der Waals surface area contributed by atoms with Gasteiger partial charge in [0.15, 0.2) is 0 Å². The molecule has 0 radical (unpaired) electrons. The summed E-state index contributed by atoms with van der Waals surface area (Å²) in [5, 5.41) is 8.67. The van der Waals surface area contributed by atoms with Crippen molar-refractivity contribution in [3.8, 4) is 0 Å². The second-order valence-corrected chi connectivity index (χ2v) is 3.86. The van der Waals surface area contributed by atoms with Crippen LogP contribution in [-0.4, -0.2) is 17.1 Å². The molecule has 0 saturated heterocycles. The Morgan fingerprint density at radius 1 is 1.43 bits per heavy atom. The van der Waals surface area contributed by atoms with E-state index < -0.39 is 18.1 Å². The van der Waals surface area contributed by atoms with Gasteiger partial charge >= 0.3 is 5.97 Å². The van der Waals surface area contributed by atoms with Gasteiger partial charge in [0.25, 0.3) is 0 Å². The lowest BCUT2D eigenvalue weighted by Gasteiger charge is -2.16. The Hall–Kier alpha value is -0.910. The number of benzene rings is 1. The van der Waals surface area contributed by atoms with Gasteiger partial charge in [-0.1, -0.05) is 28.1 Å². The molecule has 1 aromatic rings. The number of carboxylic acids is 1. The molecule has 1 aromatic carbocycles. The molecule has 4 nitrogen and oxygen atoms in total. The van der Waals surface area contributed by atoms with Gasteiger partial charge in [0.1, 0.15) is 6.04 Å². The summed E-state index contributed by atoms with van der Waals surface area (Å²) >= 11 is 3.27. The van der Waals surface area contributed by atoms with Crippen molar-refractivity contribution < 1.29 is 9.90 Å². The molecule has 2 atom stereocenters. The Labute approximate surface area is 90.0 Å². The zero-order chi connectivity index (χ0) is 10.7. The minimum atomic E-state index is -1.10. The molecule has 0 fully saturated rings. The quantitative estimate of drug-likeness (QED) is 0.751. The monoisotopic (exact) mass is 258 g/mol. The molecule has 5 heteroatoms. The largest absolute Gasteiger partial charge is 0.480 e. The highest BCUT2D eigenvalue weighted by Crippen LogP contribution is 2.18. The van der Waals surface area contributed by atoms with E-state index in [0.717, 1.165) is 4.47 Å². The molecule has 0 aliphatic carbocycles. The summed E-state index contributed by atoms with van der Waals surface area (Å²) in [4.78, 5) is 10.6. The Balaban J connectivity index is 2.89. The normalized spacial score (nSPS) is 14.8. The summed E-state index contributed by atoms with van der Waals surface area (Å²) in [6, 6.07) is 5.36. The van der Waals surface area contributed by atoms with Crippen molar-refractivity contribution in [3.63, 3.8) is 0 Å². The summed E-state index contributed by atoms with van der Waals surface area (Å²) in [5.41, 5.74) is 11.8. The van der Waals surface area contributed by atoms with Gasteiger partial charge in [-0.2, -0.15) is 0 Å². The smallest absolute Gasteiger partial charge is 0.322 e. The first kappa shape index (κ1) is 11.2. The maximum absolute atomic E-state index is 10.6. The van der Waals surface area contributed by atoms with E-state index in [1.807, 2.05) is 6.07 Å². The SMILES string of the molecule is NC(C(=O)O)C(N)c1cccc(Br)c1. The van der Waals surface area contributed by atoms with Crippen molar-refractivity contribution in [2.45, 2.75) is 12.1 Å². The van der Waals surface area contributed by atoms with Gasteiger partial charge in [-0.25, -0.2) is 0 Å². The van der Waals surface area contributed by atoms with Crippen molar-refractivity contribution in [2.24, 2.45) is 11.5 Å². The summed E-state index contributed by atoms with van der Waals surface area (Å²) in [5.74, 6) is -1.10. The Bertz CT molecular complexity index is 343. The minimum absolute atomic E-state index is 0.690. The van der Waals surface area contributed by atoms with Crippen molar-refractivity contribution in [1.82, 2.24) is 0 Å². The van der Waals surface area contributed by atoms with Crippen molar-refractivity contribution in [3.05, 3.63) is 34.3 Å². The van der Waals surface area contributed by atoms with Gasteiger partial charge in [0, 0.05) is 4.47 Å². The van der Waals surface area contributed by atoms with Crippen LogP contribution in [0.5, 0.6) is 0 Å². The minimum Gasteiger partial charge on any atom is -0.480 e. The fourth-order valence-electron chi connectivity index (χ4n) is 1.07. The molecular weight excluding hydrogens is 248 g/mol. The third-order valence-electron chi connectivity index (χ3n) is 1.91. The molecular formula is C9H11BrN2O2. The van der Waals surface area contributed by atoms with Crippen molar-refractivity contribution in [1.29, 1.82) is 0 Å². The first-order chi connectivity index (χ1) is 6.52. The van der Waals surface area contributed by atoms with E-state index in [9.17, 15) is 4.79 Å². The second kappa shape index (κ2) is 4.54. The first-order valence-corrected chi connectivity index (χ1v) is 4.81. The Kier molecular flexibility index (Phi) is 3.62. The number of hydrogen-bond acceptors (Lipinski definition) is 3. The van der Waals surface area contributed by atoms with Crippen LogP contribution in [0.3, 0.4) is 0 Å².